The molecule has 7 nitrogen and oxygen atoms in total. The van der Waals surface area contributed by atoms with E-state index < -0.39 is 23.5 Å². The molecule has 1 fully saturated rings. The van der Waals surface area contributed by atoms with Crippen LogP contribution in [0.3, 0.4) is 0 Å². The number of ether oxygens (including phenoxy) is 1. The molecule has 0 saturated carbocycles. The summed E-state index contributed by atoms with van der Waals surface area (Å²) in [6, 6.07) is 15.5. The van der Waals surface area contributed by atoms with Gasteiger partial charge in [0, 0.05) is 19.0 Å². The Bertz CT molecular complexity index is 1070. The maximum atomic E-state index is 13.3. The van der Waals surface area contributed by atoms with Crippen LogP contribution in [0.4, 0.5) is 4.79 Å². The maximum Gasteiger partial charge on any atom is 0.407 e. The van der Waals surface area contributed by atoms with Gasteiger partial charge in [0.2, 0.25) is 5.91 Å². The number of hydrogen-bond donors (Lipinski definition) is 2. The predicted molar refractivity (Wildman–Crippen MR) is 133 cm³/mol. The van der Waals surface area contributed by atoms with E-state index in [0.717, 1.165) is 28.7 Å². The molecule has 35 heavy (non-hydrogen) atoms. The number of nitrogens with zero attached hydrogens (tertiary/aromatic N) is 1. The van der Waals surface area contributed by atoms with Crippen LogP contribution in [0, 0.1) is 11.3 Å². The van der Waals surface area contributed by atoms with E-state index in [1.165, 1.54) is 0 Å². The van der Waals surface area contributed by atoms with Crippen LogP contribution in [0.5, 0.6) is 0 Å². The third-order valence-corrected chi connectivity index (χ3v) is 7.57. The first-order valence-electron chi connectivity index (χ1n) is 12.4. The van der Waals surface area contributed by atoms with Crippen molar-refractivity contribution in [3.8, 4) is 11.1 Å². The van der Waals surface area contributed by atoms with Gasteiger partial charge in [0.25, 0.3) is 0 Å². The van der Waals surface area contributed by atoms with E-state index >= 15 is 0 Å². The summed E-state index contributed by atoms with van der Waals surface area (Å²) in [5.74, 6) is -1.00. The zero-order valence-corrected chi connectivity index (χ0v) is 20.6. The van der Waals surface area contributed by atoms with E-state index in [0.29, 0.717) is 19.4 Å². The molecule has 2 aromatic rings. The monoisotopic (exact) mass is 478 g/mol. The van der Waals surface area contributed by atoms with Gasteiger partial charge in [-0.25, -0.2) is 4.79 Å². The van der Waals surface area contributed by atoms with Crippen molar-refractivity contribution in [2.45, 2.75) is 52.0 Å². The normalized spacial score (nSPS) is 20.6. The van der Waals surface area contributed by atoms with Crippen LogP contribution in [0.1, 0.15) is 57.1 Å². The molecule has 186 valence electrons. The van der Waals surface area contributed by atoms with Crippen molar-refractivity contribution >= 4 is 18.0 Å². The molecule has 4 rings (SSSR count). The van der Waals surface area contributed by atoms with Gasteiger partial charge < -0.3 is 20.1 Å². The summed E-state index contributed by atoms with van der Waals surface area (Å²) in [4.78, 5) is 39.3. The van der Waals surface area contributed by atoms with Gasteiger partial charge >= 0.3 is 12.1 Å². The maximum absolute atomic E-state index is 13.3. The fourth-order valence-electron chi connectivity index (χ4n) is 5.12. The van der Waals surface area contributed by atoms with Gasteiger partial charge in [0.05, 0.1) is 5.41 Å². The molecular weight excluding hydrogens is 444 g/mol. The lowest BCUT2D eigenvalue weighted by Crippen LogP contribution is -2.49. The number of alkyl carbamates (subject to hydrolysis) is 1. The van der Waals surface area contributed by atoms with Crippen LogP contribution in [0.15, 0.2) is 48.5 Å². The van der Waals surface area contributed by atoms with E-state index in [1.807, 2.05) is 38.1 Å². The smallest absolute Gasteiger partial charge is 0.407 e. The number of aliphatic carboxylic acids is 1. The number of likely N-dealkylation sites (tertiary alicyclic amines) is 1. The number of fused-ring (bicyclic) bond motifs is 3. The Kier molecular flexibility index (Phi) is 7.15. The number of amides is 2. The van der Waals surface area contributed by atoms with E-state index in [-0.39, 0.29) is 30.9 Å². The number of hydrogen-bond acceptors (Lipinski definition) is 4. The van der Waals surface area contributed by atoms with Crippen LogP contribution in [-0.4, -0.2) is 53.7 Å². The van der Waals surface area contributed by atoms with Gasteiger partial charge in [-0.15, -0.1) is 0 Å². The average molecular weight is 479 g/mol. The second-order valence-electron chi connectivity index (χ2n) is 10.1. The highest BCUT2D eigenvalue weighted by molar-refractivity contribution is 5.87. The summed E-state index contributed by atoms with van der Waals surface area (Å²) in [5.41, 5.74) is 3.59. The first-order chi connectivity index (χ1) is 16.7. The highest BCUT2D eigenvalue weighted by atomic mass is 16.5. The fourth-order valence-corrected chi connectivity index (χ4v) is 5.12. The van der Waals surface area contributed by atoms with Gasteiger partial charge in [-0.2, -0.15) is 0 Å². The number of carboxylic acid groups (broad SMARTS) is 1. The van der Waals surface area contributed by atoms with Crippen molar-refractivity contribution in [1.82, 2.24) is 10.2 Å². The van der Waals surface area contributed by atoms with Gasteiger partial charge in [-0.1, -0.05) is 68.8 Å². The number of rotatable bonds is 8. The van der Waals surface area contributed by atoms with Crippen LogP contribution >= 0.6 is 0 Å². The lowest BCUT2D eigenvalue weighted by atomic mass is 9.90. The van der Waals surface area contributed by atoms with Gasteiger partial charge in [-0.05, 0) is 47.9 Å². The van der Waals surface area contributed by atoms with Crippen molar-refractivity contribution in [2.75, 3.05) is 19.7 Å². The van der Waals surface area contributed by atoms with E-state index in [2.05, 4.69) is 29.6 Å². The van der Waals surface area contributed by atoms with Crippen molar-refractivity contribution in [1.29, 1.82) is 0 Å². The Morgan fingerprint density at radius 1 is 1.11 bits per heavy atom. The number of carbonyl (C=O) groups excluding carboxylic acids is 2. The molecule has 2 N–H and O–H groups in total. The highest BCUT2D eigenvalue weighted by Crippen LogP contribution is 2.44. The fraction of sp³-hybridized carbons (Fsp3) is 0.464. The molecule has 0 radical (unpaired) electrons. The molecule has 3 unspecified atom stereocenters. The van der Waals surface area contributed by atoms with Gasteiger partial charge in [-0.3, -0.25) is 9.59 Å². The minimum absolute atomic E-state index is 0.0632. The predicted octanol–water partition coefficient (Wildman–Crippen LogP) is 4.65. The topological polar surface area (TPSA) is 95.9 Å². The van der Waals surface area contributed by atoms with Gasteiger partial charge in [0.1, 0.15) is 12.6 Å². The van der Waals surface area contributed by atoms with E-state index in [9.17, 15) is 19.5 Å². The lowest BCUT2D eigenvalue weighted by Gasteiger charge is -2.27. The molecule has 1 saturated heterocycles. The second-order valence-corrected chi connectivity index (χ2v) is 10.1. The summed E-state index contributed by atoms with van der Waals surface area (Å²) in [6.07, 6.45) is 1.10. The molecule has 1 heterocycles. The van der Waals surface area contributed by atoms with Crippen molar-refractivity contribution < 1.29 is 24.2 Å². The molecule has 0 aromatic heterocycles. The molecule has 2 aromatic carbocycles. The summed E-state index contributed by atoms with van der Waals surface area (Å²) >= 11 is 0. The van der Waals surface area contributed by atoms with Gasteiger partial charge in [0.15, 0.2) is 0 Å². The average Bonchev–Trinajstić information content (AvgIpc) is 3.41. The first-order valence-corrected chi connectivity index (χ1v) is 12.4. The number of carboxylic acids is 1. The van der Waals surface area contributed by atoms with Crippen molar-refractivity contribution in [3.63, 3.8) is 0 Å². The molecule has 1 aliphatic heterocycles. The largest absolute Gasteiger partial charge is 0.481 e. The Morgan fingerprint density at radius 3 is 2.26 bits per heavy atom. The number of benzene rings is 2. The summed E-state index contributed by atoms with van der Waals surface area (Å²) < 4.78 is 5.66. The summed E-state index contributed by atoms with van der Waals surface area (Å²) in [7, 11) is 0. The molecule has 2 amide bonds. The SMILES string of the molecule is CCC(C)CC(NC(=O)OCC1c2ccccc2-c2ccccc21)C(=O)N1CCC(C)(C(=O)O)C1. The molecule has 7 heteroatoms. The molecule has 0 bridgehead atoms. The van der Waals surface area contributed by atoms with Crippen LogP contribution in [0.2, 0.25) is 0 Å². The first kappa shape index (κ1) is 24.8. The zero-order valence-electron chi connectivity index (χ0n) is 20.6. The van der Waals surface area contributed by atoms with Crippen LogP contribution in [0.25, 0.3) is 11.1 Å². The molecule has 1 aliphatic carbocycles. The quantitative estimate of drug-likeness (QED) is 0.576. The molecule has 3 atom stereocenters. The third kappa shape index (κ3) is 5.04. The third-order valence-electron chi connectivity index (χ3n) is 7.57. The Hall–Kier alpha value is -3.35. The number of nitrogens with one attached hydrogen (secondary N) is 1. The Balaban J connectivity index is 1.43. The highest BCUT2D eigenvalue weighted by Gasteiger charge is 2.43. The summed E-state index contributed by atoms with van der Waals surface area (Å²) in [6.45, 7) is 6.41. The van der Waals surface area contributed by atoms with E-state index in [1.54, 1.807) is 11.8 Å². The van der Waals surface area contributed by atoms with Crippen molar-refractivity contribution in [3.05, 3.63) is 59.7 Å². The molecule has 2 aliphatic rings. The van der Waals surface area contributed by atoms with Crippen LogP contribution < -0.4 is 5.32 Å². The minimum Gasteiger partial charge on any atom is -0.481 e. The Morgan fingerprint density at radius 2 is 1.71 bits per heavy atom. The zero-order chi connectivity index (χ0) is 25.2. The standard InChI is InChI=1S/C28H34N2O5/c1-4-18(2)15-24(25(31)30-14-13-28(3,17-30)26(32)33)29-27(34)35-16-23-21-11-7-5-9-19(21)20-10-6-8-12-22(20)23/h5-12,18,23-24H,4,13-17H2,1-3H3,(H,29,34)(H,32,33). The minimum atomic E-state index is -0.958. The van der Waals surface area contributed by atoms with E-state index in [4.69, 9.17) is 4.74 Å². The van der Waals surface area contributed by atoms with Crippen LogP contribution in [-0.2, 0) is 14.3 Å². The summed E-state index contributed by atoms with van der Waals surface area (Å²) in [5, 5.41) is 12.3. The van der Waals surface area contributed by atoms with Crippen molar-refractivity contribution in [2.24, 2.45) is 11.3 Å². The number of carbonyl (C=O) groups is 3. The second kappa shape index (κ2) is 10.1. The lowest BCUT2D eigenvalue weighted by molar-refractivity contribution is -0.147. The molecule has 0 spiro atoms. The Labute approximate surface area is 206 Å². The molecular formula is C28H34N2O5.